The van der Waals surface area contributed by atoms with Gasteiger partial charge in [-0.3, -0.25) is 4.79 Å². The van der Waals surface area contributed by atoms with Crippen LogP contribution in [0.15, 0.2) is 18.2 Å². The summed E-state index contributed by atoms with van der Waals surface area (Å²) in [6, 6.07) is 5.26. The van der Waals surface area contributed by atoms with Crippen molar-refractivity contribution in [2.45, 2.75) is 6.10 Å². The van der Waals surface area contributed by atoms with E-state index in [0.717, 1.165) is 0 Å². The monoisotopic (exact) mass is 251 g/mol. The summed E-state index contributed by atoms with van der Waals surface area (Å²) in [4.78, 5) is 16.0. The van der Waals surface area contributed by atoms with Crippen LogP contribution in [0, 0.1) is 0 Å². The molecule has 1 unspecified atom stereocenters. The number of carbonyl (C=O) groups excluding carboxylic acids is 1. The lowest BCUT2D eigenvalue weighted by atomic mass is 10.3. The third-order valence-corrected chi connectivity index (χ3v) is 2.61. The molecule has 1 atom stereocenters. The van der Waals surface area contributed by atoms with Crippen molar-refractivity contribution in [2.75, 3.05) is 38.7 Å². The van der Waals surface area contributed by atoms with Crippen LogP contribution in [0.1, 0.15) is 10.5 Å². The lowest BCUT2D eigenvalue weighted by Crippen LogP contribution is -2.39. The fourth-order valence-corrected chi connectivity index (χ4v) is 1.65. The quantitative estimate of drug-likeness (QED) is 0.803. The first-order chi connectivity index (χ1) is 8.79. The Morgan fingerprint density at radius 1 is 1.50 bits per heavy atom. The molecule has 0 radical (unpaired) electrons. The molecule has 0 aromatic carbocycles. The van der Waals surface area contributed by atoms with Crippen LogP contribution in [0.25, 0.3) is 0 Å². The van der Waals surface area contributed by atoms with Crippen LogP contribution in [0.5, 0.6) is 0 Å². The van der Waals surface area contributed by atoms with E-state index in [2.05, 4.69) is 15.6 Å². The van der Waals surface area contributed by atoms with Crippen molar-refractivity contribution in [1.29, 1.82) is 0 Å². The van der Waals surface area contributed by atoms with Gasteiger partial charge in [-0.1, -0.05) is 6.07 Å². The molecule has 6 nitrogen and oxygen atoms in total. The number of nitrogens with one attached hydrogen (secondary N) is 2. The maximum Gasteiger partial charge on any atom is 0.270 e. The summed E-state index contributed by atoms with van der Waals surface area (Å²) in [7, 11) is 1.76. The first kappa shape index (κ1) is 12.8. The van der Waals surface area contributed by atoms with Gasteiger partial charge >= 0.3 is 0 Å². The topological polar surface area (TPSA) is 72.5 Å². The van der Waals surface area contributed by atoms with Crippen molar-refractivity contribution < 1.29 is 14.3 Å². The van der Waals surface area contributed by atoms with E-state index in [1.807, 2.05) is 0 Å². The van der Waals surface area contributed by atoms with Gasteiger partial charge in [0.2, 0.25) is 0 Å². The zero-order valence-electron chi connectivity index (χ0n) is 10.3. The third kappa shape index (κ3) is 3.41. The Bertz CT molecular complexity index is 405. The van der Waals surface area contributed by atoms with Crippen LogP contribution in [0.3, 0.4) is 0 Å². The summed E-state index contributed by atoms with van der Waals surface area (Å²) < 4.78 is 10.7. The lowest BCUT2D eigenvalue weighted by Gasteiger charge is -2.22. The van der Waals surface area contributed by atoms with Gasteiger partial charge in [-0.2, -0.15) is 0 Å². The average molecular weight is 251 g/mol. The van der Waals surface area contributed by atoms with Gasteiger partial charge in [-0.05, 0) is 12.1 Å². The molecule has 0 bridgehead atoms. The summed E-state index contributed by atoms with van der Waals surface area (Å²) in [6.07, 6.45) is -0.0739. The Balaban J connectivity index is 1.86. The van der Waals surface area contributed by atoms with E-state index >= 15 is 0 Å². The molecular formula is C12H17N3O3. The van der Waals surface area contributed by atoms with Crippen LogP contribution >= 0.6 is 0 Å². The van der Waals surface area contributed by atoms with Gasteiger partial charge in [0, 0.05) is 13.6 Å². The minimum Gasteiger partial charge on any atom is -0.376 e. The van der Waals surface area contributed by atoms with E-state index in [1.54, 1.807) is 25.2 Å². The van der Waals surface area contributed by atoms with Crippen LogP contribution in [-0.4, -0.2) is 50.4 Å². The Labute approximate surface area is 106 Å². The molecule has 1 fully saturated rings. The molecule has 2 heterocycles. The van der Waals surface area contributed by atoms with E-state index in [9.17, 15) is 4.79 Å². The number of carbonyl (C=O) groups is 1. The second-order valence-corrected chi connectivity index (χ2v) is 3.94. The highest BCUT2D eigenvalue weighted by Gasteiger charge is 2.16. The zero-order chi connectivity index (χ0) is 12.8. The molecule has 2 N–H and O–H groups in total. The molecular weight excluding hydrogens is 234 g/mol. The van der Waals surface area contributed by atoms with Crippen LogP contribution in [0.2, 0.25) is 0 Å². The maximum atomic E-state index is 11.9. The van der Waals surface area contributed by atoms with E-state index < -0.39 is 0 Å². The molecule has 6 heteroatoms. The minimum atomic E-state index is -0.207. The number of ether oxygens (including phenoxy) is 2. The summed E-state index contributed by atoms with van der Waals surface area (Å²) in [5, 5.41) is 5.68. The molecule has 98 valence electrons. The highest BCUT2D eigenvalue weighted by atomic mass is 16.6. The molecule has 0 saturated carbocycles. The highest BCUT2D eigenvalue weighted by Crippen LogP contribution is 2.04. The van der Waals surface area contributed by atoms with Crippen LogP contribution in [-0.2, 0) is 9.47 Å². The van der Waals surface area contributed by atoms with Crippen molar-refractivity contribution in [3.8, 4) is 0 Å². The van der Waals surface area contributed by atoms with E-state index in [-0.39, 0.29) is 12.0 Å². The molecule has 2 rings (SSSR count). The minimum absolute atomic E-state index is 0.0739. The molecule has 0 spiro atoms. The smallest absolute Gasteiger partial charge is 0.270 e. The largest absolute Gasteiger partial charge is 0.376 e. The Morgan fingerprint density at radius 2 is 2.39 bits per heavy atom. The SMILES string of the molecule is CNc1cccc(C(=O)NCC2COCCO2)n1. The van der Waals surface area contributed by atoms with E-state index in [1.165, 1.54) is 0 Å². The van der Waals surface area contributed by atoms with Crippen molar-refractivity contribution in [3.05, 3.63) is 23.9 Å². The van der Waals surface area contributed by atoms with Crippen molar-refractivity contribution >= 4 is 11.7 Å². The molecule has 1 saturated heterocycles. The molecule has 1 aromatic rings. The number of nitrogens with zero attached hydrogens (tertiary/aromatic N) is 1. The highest BCUT2D eigenvalue weighted by molar-refractivity contribution is 5.92. The Morgan fingerprint density at radius 3 is 3.11 bits per heavy atom. The second-order valence-electron chi connectivity index (χ2n) is 3.94. The van der Waals surface area contributed by atoms with Gasteiger partial charge in [0.1, 0.15) is 11.5 Å². The predicted octanol–water partition coefficient (Wildman–Crippen LogP) is 0.268. The number of aromatic nitrogens is 1. The lowest BCUT2D eigenvalue weighted by molar-refractivity contribution is -0.0855. The first-order valence-electron chi connectivity index (χ1n) is 5.92. The van der Waals surface area contributed by atoms with Crippen LogP contribution < -0.4 is 10.6 Å². The summed E-state index contributed by atoms with van der Waals surface area (Å²) in [5.41, 5.74) is 0.388. The first-order valence-corrected chi connectivity index (χ1v) is 5.92. The molecule has 1 aliphatic rings. The van der Waals surface area contributed by atoms with Crippen molar-refractivity contribution in [2.24, 2.45) is 0 Å². The molecule has 1 amide bonds. The predicted molar refractivity (Wildman–Crippen MR) is 66.7 cm³/mol. The van der Waals surface area contributed by atoms with Gasteiger partial charge < -0.3 is 20.1 Å². The van der Waals surface area contributed by atoms with Gasteiger partial charge in [0.05, 0.1) is 25.9 Å². The normalized spacial score (nSPS) is 19.3. The van der Waals surface area contributed by atoms with Crippen molar-refractivity contribution in [3.63, 3.8) is 0 Å². The molecule has 1 aromatic heterocycles. The maximum absolute atomic E-state index is 11.9. The van der Waals surface area contributed by atoms with Crippen LogP contribution in [0.4, 0.5) is 5.82 Å². The Hall–Kier alpha value is -1.66. The number of pyridine rings is 1. The number of rotatable bonds is 4. The fraction of sp³-hybridized carbons (Fsp3) is 0.500. The molecule has 0 aliphatic carbocycles. The Kier molecular flexibility index (Phi) is 4.49. The summed E-state index contributed by atoms with van der Waals surface area (Å²) in [6.45, 7) is 2.15. The van der Waals surface area contributed by atoms with E-state index in [0.29, 0.717) is 37.9 Å². The van der Waals surface area contributed by atoms with Gasteiger partial charge in [0.15, 0.2) is 0 Å². The third-order valence-electron chi connectivity index (χ3n) is 2.61. The second kappa shape index (κ2) is 6.32. The number of amides is 1. The molecule has 1 aliphatic heterocycles. The number of hydrogen-bond acceptors (Lipinski definition) is 5. The number of anilines is 1. The summed E-state index contributed by atoms with van der Waals surface area (Å²) in [5.74, 6) is 0.459. The fourth-order valence-electron chi connectivity index (χ4n) is 1.65. The zero-order valence-corrected chi connectivity index (χ0v) is 10.3. The molecule has 18 heavy (non-hydrogen) atoms. The van der Waals surface area contributed by atoms with Gasteiger partial charge in [-0.25, -0.2) is 4.98 Å². The van der Waals surface area contributed by atoms with Gasteiger partial charge in [0.25, 0.3) is 5.91 Å². The van der Waals surface area contributed by atoms with E-state index in [4.69, 9.17) is 9.47 Å². The average Bonchev–Trinajstić information content (AvgIpc) is 2.46. The number of hydrogen-bond donors (Lipinski definition) is 2. The standard InChI is InChI=1S/C12H17N3O3/c1-13-11-4-2-3-10(15-11)12(16)14-7-9-8-17-5-6-18-9/h2-4,9H,5-8H2,1H3,(H,13,15)(H,14,16). The van der Waals surface area contributed by atoms with Gasteiger partial charge in [-0.15, -0.1) is 0 Å². The summed E-state index contributed by atoms with van der Waals surface area (Å²) >= 11 is 0. The van der Waals surface area contributed by atoms with Crippen molar-refractivity contribution in [1.82, 2.24) is 10.3 Å².